The average Bonchev–Trinajstić information content (AvgIpc) is 3.27. The summed E-state index contributed by atoms with van der Waals surface area (Å²) in [5, 5.41) is 13.0. The first-order valence-electron chi connectivity index (χ1n) is 9.79. The molecule has 23 heavy (non-hydrogen) atoms. The highest BCUT2D eigenvalue weighted by Crippen LogP contribution is 2.30. The molecule has 0 aromatic carbocycles. The molecule has 0 bridgehead atoms. The van der Waals surface area contributed by atoms with Crippen LogP contribution in [0.5, 0.6) is 0 Å². The maximum Gasteiger partial charge on any atom is 0.209 e. The fraction of sp³-hybridized carbons (Fsp3) is 0.941. The smallest absolute Gasteiger partial charge is 0.209 e. The predicted molar refractivity (Wildman–Crippen MR) is 89.5 cm³/mol. The van der Waals surface area contributed by atoms with Crippen molar-refractivity contribution in [1.29, 1.82) is 0 Å². The number of unbranched alkanes of at least 4 members (excludes halogenated alkanes) is 1. The summed E-state index contributed by atoms with van der Waals surface area (Å²) in [6, 6.07) is 1.04. The summed E-state index contributed by atoms with van der Waals surface area (Å²) in [4.78, 5) is 3.46. The first-order chi connectivity index (χ1) is 11.3. The lowest BCUT2D eigenvalue weighted by atomic mass is 10.1. The van der Waals surface area contributed by atoms with Crippen LogP contribution >= 0.6 is 0 Å². The van der Waals surface area contributed by atoms with Gasteiger partial charge in [0.2, 0.25) is 5.82 Å². The van der Waals surface area contributed by atoms with E-state index in [0.29, 0.717) is 12.1 Å². The zero-order chi connectivity index (χ0) is 16.1. The van der Waals surface area contributed by atoms with Crippen molar-refractivity contribution in [3.05, 3.63) is 5.82 Å². The second kappa shape index (κ2) is 8.20. The number of quaternary nitrogens is 2. The van der Waals surface area contributed by atoms with E-state index in [0.717, 1.165) is 0 Å². The van der Waals surface area contributed by atoms with Gasteiger partial charge in [0, 0.05) is 6.42 Å². The zero-order valence-corrected chi connectivity index (χ0v) is 14.9. The van der Waals surface area contributed by atoms with Gasteiger partial charge in [-0.05, 0) is 36.6 Å². The predicted octanol–water partition coefficient (Wildman–Crippen LogP) is -0.177. The Kier molecular flexibility index (Phi) is 6.00. The van der Waals surface area contributed by atoms with Crippen LogP contribution in [-0.2, 0) is 0 Å². The molecule has 3 rings (SSSR count). The van der Waals surface area contributed by atoms with E-state index in [1.54, 1.807) is 9.80 Å². The van der Waals surface area contributed by atoms with E-state index in [1.807, 2.05) is 0 Å². The Bertz CT molecular complexity index is 459. The normalized spacial score (nSPS) is 27.4. The van der Waals surface area contributed by atoms with Crippen LogP contribution in [-0.4, -0.2) is 52.9 Å². The molecule has 6 nitrogen and oxygen atoms in total. The number of nitrogens with zero attached hydrogens (tertiary/aromatic N) is 4. The van der Waals surface area contributed by atoms with Crippen molar-refractivity contribution in [2.45, 2.75) is 70.9 Å². The molecule has 1 saturated heterocycles. The molecule has 0 unspecified atom stereocenters. The SMILES string of the molecule is CCCC[C@H](c1nnnn1C1CCCC1)[NH+]1CC[NH+](CC)CC1. The van der Waals surface area contributed by atoms with Gasteiger partial charge in [-0.2, -0.15) is 0 Å². The number of tetrazole rings is 1. The highest BCUT2D eigenvalue weighted by molar-refractivity contribution is 4.91. The summed E-state index contributed by atoms with van der Waals surface area (Å²) in [6.07, 6.45) is 8.91. The number of rotatable bonds is 7. The number of aromatic nitrogens is 4. The molecule has 1 aliphatic heterocycles. The van der Waals surface area contributed by atoms with Crippen LogP contribution in [0.15, 0.2) is 0 Å². The Hall–Kier alpha value is -1.01. The molecule has 0 spiro atoms. The lowest BCUT2D eigenvalue weighted by Gasteiger charge is -2.34. The lowest BCUT2D eigenvalue weighted by Crippen LogP contribution is -3.28. The van der Waals surface area contributed by atoms with E-state index in [4.69, 9.17) is 0 Å². The molecule has 2 heterocycles. The first-order valence-corrected chi connectivity index (χ1v) is 9.79. The minimum Gasteiger partial charge on any atom is -0.326 e. The Morgan fingerprint density at radius 3 is 2.52 bits per heavy atom. The molecule has 0 amide bonds. The summed E-state index contributed by atoms with van der Waals surface area (Å²) >= 11 is 0. The molecule has 1 aromatic heterocycles. The van der Waals surface area contributed by atoms with Crippen LogP contribution in [0.1, 0.15) is 76.7 Å². The van der Waals surface area contributed by atoms with E-state index < -0.39 is 0 Å². The quantitative estimate of drug-likeness (QED) is 0.732. The summed E-state index contributed by atoms with van der Waals surface area (Å²) < 4.78 is 2.19. The molecule has 1 saturated carbocycles. The topological polar surface area (TPSA) is 52.5 Å². The van der Waals surface area contributed by atoms with Gasteiger partial charge in [0.15, 0.2) is 0 Å². The van der Waals surface area contributed by atoms with Gasteiger partial charge in [-0.15, -0.1) is 5.10 Å². The van der Waals surface area contributed by atoms with Crippen LogP contribution in [0.3, 0.4) is 0 Å². The van der Waals surface area contributed by atoms with Crippen LogP contribution < -0.4 is 9.80 Å². The van der Waals surface area contributed by atoms with E-state index in [2.05, 4.69) is 34.1 Å². The van der Waals surface area contributed by atoms with E-state index in [9.17, 15) is 0 Å². The van der Waals surface area contributed by atoms with Gasteiger partial charge < -0.3 is 9.80 Å². The summed E-state index contributed by atoms with van der Waals surface area (Å²) in [5.41, 5.74) is 0. The van der Waals surface area contributed by atoms with Crippen molar-refractivity contribution in [2.24, 2.45) is 0 Å². The van der Waals surface area contributed by atoms with Crippen LogP contribution in [0.4, 0.5) is 0 Å². The van der Waals surface area contributed by atoms with Crippen LogP contribution in [0.25, 0.3) is 0 Å². The van der Waals surface area contributed by atoms with Crippen molar-refractivity contribution in [3.63, 3.8) is 0 Å². The fourth-order valence-corrected chi connectivity index (χ4v) is 4.39. The Morgan fingerprint density at radius 2 is 1.87 bits per heavy atom. The fourth-order valence-electron chi connectivity index (χ4n) is 4.39. The maximum absolute atomic E-state index is 4.50. The molecule has 2 fully saturated rings. The van der Waals surface area contributed by atoms with Crippen molar-refractivity contribution >= 4 is 0 Å². The van der Waals surface area contributed by atoms with E-state index in [1.165, 1.54) is 83.5 Å². The number of piperazine rings is 1. The Morgan fingerprint density at radius 1 is 1.13 bits per heavy atom. The molecule has 0 radical (unpaired) electrons. The van der Waals surface area contributed by atoms with E-state index >= 15 is 0 Å². The molecule has 2 N–H and O–H groups in total. The first kappa shape index (κ1) is 16.8. The summed E-state index contributed by atoms with van der Waals surface area (Å²) in [6.45, 7) is 10.9. The average molecular weight is 323 g/mol. The third kappa shape index (κ3) is 3.91. The zero-order valence-electron chi connectivity index (χ0n) is 14.9. The molecule has 2 aliphatic rings. The molecule has 1 atom stereocenters. The van der Waals surface area contributed by atoms with Crippen molar-refractivity contribution in [2.75, 3.05) is 32.7 Å². The second-order valence-corrected chi connectivity index (χ2v) is 7.38. The molecular weight excluding hydrogens is 288 g/mol. The highest BCUT2D eigenvalue weighted by atomic mass is 15.6. The summed E-state index contributed by atoms with van der Waals surface area (Å²) in [7, 11) is 0. The van der Waals surface area contributed by atoms with Crippen LogP contribution in [0.2, 0.25) is 0 Å². The standard InChI is InChI=1S/C17H32N6/c1-3-5-10-16(22-13-11-21(4-2)12-14-22)17-18-19-20-23(17)15-8-6-7-9-15/h15-16H,3-14H2,1-2H3/p+2/t16-/m1/s1. The number of hydrogen-bond donors (Lipinski definition) is 2. The van der Waals surface area contributed by atoms with Gasteiger partial charge in [-0.25, -0.2) is 4.68 Å². The molecule has 6 heteroatoms. The number of nitrogens with one attached hydrogen (secondary N) is 2. The number of likely N-dealkylation sites (N-methyl/N-ethyl adjacent to an activating group) is 1. The molecule has 130 valence electrons. The Labute approximate surface area is 140 Å². The van der Waals surface area contributed by atoms with Crippen molar-refractivity contribution < 1.29 is 9.80 Å². The number of hydrogen-bond acceptors (Lipinski definition) is 3. The molecule has 1 aromatic rings. The van der Waals surface area contributed by atoms with Gasteiger partial charge >= 0.3 is 0 Å². The third-order valence-corrected chi connectivity index (χ3v) is 5.94. The maximum atomic E-state index is 4.50. The highest BCUT2D eigenvalue weighted by Gasteiger charge is 2.35. The second-order valence-electron chi connectivity index (χ2n) is 7.38. The minimum atomic E-state index is 0.490. The largest absolute Gasteiger partial charge is 0.326 e. The lowest BCUT2D eigenvalue weighted by molar-refractivity contribution is -1.03. The van der Waals surface area contributed by atoms with Gasteiger partial charge in [0.25, 0.3) is 0 Å². The Balaban J connectivity index is 1.75. The van der Waals surface area contributed by atoms with Crippen LogP contribution in [0, 0.1) is 0 Å². The molecular formula is C17H34N6+2. The summed E-state index contributed by atoms with van der Waals surface area (Å²) in [5.74, 6) is 1.17. The van der Waals surface area contributed by atoms with Crippen molar-refractivity contribution in [1.82, 2.24) is 20.2 Å². The monoisotopic (exact) mass is 322 g/mol. The molecule has 1 aliphatic carbocycles. The van der Waals surface area contributed by atoms with Gasteiger partial charge in [-0.1, -0.05) is 26.2 Å². The third-order valence-electron chi connectivity index (χ3n) is 5.94. The minimum absolute atomic E-state index is 0.490. The van der Waals surface area contributed by atoms with Gasteiger partial charge in [0.05, 0.1) is 12.6 Å². The van der Waals surface area contributed by atoms with E-state index in [-0.39, 0.29) is 0 Å². The van der Waals surface area contributed by atoms with Gasteiger partial charge in [-0.3, -0.25) is 0 Å². The van der Waals surface area contributed by atoms with Crippen molar-refractivity contribution in [3.8, 4) is 0 Å². The van der Waals surface area contributed by atoms with Gasteiger partial charge in [0.1, 0.15) is 32.2 Å².